The molecule has 1 aromatic carbocycles. The molecule has 2 rings (SSSR count). The van der Waals surface area contributed by atoms with Gasteiger partial charge in [0.2, 0.25) is 11.0 Å². The van der Waals surface area contributed by atoms with Crippen LogP contribution >= 0.6 is 11.3 Å². The highest BCUT2D eigenvalue weighted by Gasteiger charge is 2.21. The molecule has 2 aromatic rings. The van der Waals surface area contributed by atoms with Gasteiger partial charge in [-0.1, -0.05) is 11.3 Å². The molecular formula is C11H11FN4O4S2. The van der Waals surface area contributed by atoms with Crippen LogP contribution in [0.3, 0.4) is 0 Å². The van der Waals surface area contributed by atoms with Crippen LogP contribution in [-0.4, -0.2) is 31.6 Å². The summed E-state index contributed by atoms with van der Waals surface area (Å²) >= 11 is 0.676. The lowest BCUT2D eigenvalue weighted by atomic mass is 10.3. The fourth-order valence-corrected chi connectivity index (χ4v) is 3.45. The molecule has 0 saturated carbocycles. The summed E-state index contributed by atoms with van der Waals surface area (Å²) in [7, 11) is -2.73. The van der Waals surface area contributed by atoms with Gasteiger partial charge in [-0.25, -0.2) is 4.39 Å². The van der Waals surface area contributed by atoms with Crippen molar-refractivity contribution in [1.29, 1.82) is 0 Å². The van der Waals surface area contributed by atoms with Crippen LogP contribution in [-0.2, 0) is 14.8 Å². The van der Waals surface area contributed by atoms with E-state index in [9.17, 15) is 17.6 Å². The number of anilines is 2. The lowest BCUT2D eigenvalue weighted by Crippen LogP contribution is -2.13. The summed E-state index contributed by atoms with van der Waals surface area (Å²) in [5.41, 5.74) is 0.00887. The van der Waals surface area contributed by atoms with Crippen molar-refractivity contribution in [3.8, 4) is 5.75 Å². The number of carbonyl (C=O) groups is 1. The van der Waals surface area contributed by atoms with Gasteiger partial charge in [-0.15, -0.1) is 10.2 Å². The first-order chi connectivity index (χ1) is 10.3. The molecule has 1 heterocycles. The van der Waals surface area contributed by atoms with Crippen LogP contribution in [0.1, 0.15) is 6.92 Å². The topological polar surface area (TPSA) is 110 Å². The van der Waals surface area contributed by atoms with E-state index in [2.05, 4.69) is 20.2 Å². The predicted octanol–water partition coefficient (Wildman–Crippen LogP) is 1.44. The van der Waals surface area contributed by atoms with E-state index >= 15 is 0 Å². The molecule has 0 aliphatic carbocycles. The van der Waals surface area contributed by atoms with Crippen molar-refractivity contribution in [3.05, 3.63) is 24.0 Å². The van der Waals surface area contributed by atoms with Crippen molar-refractivity contribution in [2.75, 3.05) is 17.1 Å². The van der Waals surface area contributed by atoms with Crippen LogP contribution in [0.15, 0.2) is 22.5 Å². The number of nitrogens with one attached hydrogen (secondary N) is 2. The molecule has 0 radical (unpaired) electrons. The molecule has 0 atom stereocenters. The van der Waals surface area contributed by atoms with E-state index < -0.39 is 21.7 Å². The smallest absolute Gasteiger partial charge is 0.291 e. The second-order valence-electron chi connectivity index (χ2n) is 4.01. The lowest BCUT2D eigenvalue weighted by molar-refractivity contribution is -0.114. The maximum absolute atomic E-state index is 13.5. The number of sulfonamides is 1. The van der Waals surface area contributed by atoms with Crippen molar-refractivity contribution < 1.29 is 22.3 Å². The molecule has 0 saturated heterocycles. The summed E-state index contributed by atoms with van der Waals surface area (Å²) in [6, 6.07) is 3.61. The van der Waals surface area contributed by atoms with E-state index in [1.165, 1.54) is 26.2 Å². The second kappa shape index (κ2) is 6.23. The van der Waals surface area contributed by atoms with Crippen molar-refractivity contribution in [1.82, 2.24) is 10.2 Å². The first-order valence-corrected chi connectivity index (χ1v) is 8.09. The van der Waals surface area contributed by atoms with Crippen molar-refractivity contribution >= 4 is 38.1 Å². The normalized spacial score (nSPS) is 11.0. The van der Waals surface area contributed by atoms with Crippen LogP contribution < -0.4 is 14.8 Å². The van der Waals surface area contributed by atoms with Crippen molar-refractivity contribution in [3.63, 3.8) is 0 Å². The van der Waals surface area contributed by atoms with E-state index in [0.717, 1.165) is 6.07 Å². The number of nitrogens with zero attached hydrogens (tertiary/aromatic N) is 2. The zero-order valence-electron chi connectivity index (χ0n) is 11.5. The highest BCUT2D eigenvalue weighted by atomic mass is 32.2. The number of hydrogen-bond donors (Lipinski definition) is 2. The van der Waals surface area contributed by atoms with Gasteiger partial charge in [0.05, 0.1) is 12.8 Å². The molecule has 0 unspecified atom stereocenters. The van der Waals surface area contributed by atoms with E-state index in [0.29, 0.717) is 11.3 Å². The maximum atomic E-state index is 13.5. The molecule has 8 nitrogen and oxygen atoms in total. The quantitative estimate of drug-likeness (QED) is 0.793. The van der Waals surface area contributed by atoms with Crippen LogP contribution in [0.5, 0.6) is 5.75 Å². The molecular weight excluding hydrogens is 335 g/mol. The summed E-state index contributed by atoms with van der Waals surface area (Å²) < 4.78 is 44.3. The number of methoxy groups -OCH3 is 1. The SMILES string of the molecule is COc1ccc(NS(=O)(=O)c2nnc(NC(C)=O)s2)cc1F. The molecule has 22 heavy (non-hydrogen) atoms. The van der Waals surface area contributed by atoms with Gasteiger partial charge in [0.25, 0.3) is 14.4 Å². The van der Waals surface area contributed by atoms with Crippen molar-refractivity contribution in [2.24, 2.45) is 0 Å². The fraction of sp³-hybridized carbons (Fsp3) is 0.182. The number of halogens is 1. The van der Waals surface area contributed by atoms with E-state index in [4.69, 9.17) is 4.74 Å². The van der Waals surface area contributed by atoms with E-state index in [-0.39, 0.29) is 20.9 Å². The molecule has 2 N–H and O–H groups in total. The maximum Gasteiger partial charge on any atom is 0.291 e. The van der Waals surface area contributed by atoms with Crippen LogP contribution in [0.4, 0.5) is 15.2 Å². The molecule has 1 amide bonds. The van der Waals surface area contributed by atoms with Crippen molar-refractivity contribution in [2.45, 2.75) is 11.3 Å². The molecule has 11 heteroatoms. The average Bonchev–Trinajstić information content (AvgIpc) is 2.87. The third-order valence-corrected chi connectivity index (χ3v) is 4.91. The summed E-state index contributed by atoms with van der Waals surface area (Å²) in [5.74, 6) is -1.11. The number of hydrogen-bond acceptors (Lipinski definition) is 7. The Balaban J connectivity index is 2.22. The molecule has 1 aromatic heterocycles. The zero-order valence-corrected chi connectivity index (χ0v) is 13.1. The average molecular weight is 346 g/mol. The van der Waals surface area contributed by atoms with Crippen LogP contribution in [0, 0.1) is 5.82 Å². The molecule has 0 aliphatic heterocycles. The van der Waals surface area contributed by atoms with Crippen LogP contribution in [0.25, 0.3) is 0 Å². The highest BCUT2D eigenvalue weighted by molar-refractivity contribution is 7.94. The van der Waals surface area contributed by atoms with E-state index in [1.54, 1.807) is 0 Å². The largest absolute Gasteiger partial charge is 0.494 e. The number of carbonyl (C=O) groups excluding carboxylic acids is 1. The summed E-state index contributed by atoms with van der Waals surface area (Å²) in [4.78, 5) is 10.9. The second-order valence-corrected chi connectivity index (χ2v) is 6.84. The van der Waals surface area contributed by atoms with Crippen LogP contribution in [0.2, 0.25) is 0 Å². The lowest BCUT2D eigenvalue weighted by Gasteiger charge is -2.07. The highest BCUT2D eigenvalue weighted by Crippen LogP contribution is 2.25. The molecule has 0 fully saturated rings. The Morgan fingerprint density at radius 1 is 1.36 bits per heavy atom. The minimum atomic E-state index is -4.03. The number of rotatable bonds is 5. The Bertz CT molecular complexity index is 806. The van der Waals surface area contributed by atoms with E-state index in [1.807, 2.05) is 0 Å². The van der Waals surface area contributed by atoms with Gasteiger partial charge in [-0.3, -0.25) is 9.52 Å². The van der Waals surface area contributed by atoms with Gasteiger partial charge < -0.3 is 10.1 Å². The minimum Gasteiger partial charge on any atom is -0.494 e. The first-order valence-electron chi connectivity index (χ1n) is 5.79. The van der Waals surface area contributed by atoms with Gasteiger partial charge in [-0.2, -0.15) is 8.42 Å². The zero-order chi connectivity index (χ0) is 16.3. The van der Waals surface area contributed by atoms with Gasteiger partial charge in [0.1, 0.15) is 0 Å². The number of ether oxygens (including phenoxy) is 1. The standard InChI is InChI=1S/C11H11FN4O4S2/c1-6(17)13-10-14-15-11(21-10)22(18,19)16-7-3-4-9(20-2)8(12)5-7/h3-5,16H,1-2H3,(H,13,14,17). The Hall–Kier alpha value is -2.27. The van der Waals surface area contributed by atoms with Gasteiger partial charge >= 0.3 is 0 Å². The number of aromatic nitrogens is 2. The summed E-state index contributed by atoms with van der Waals surface area (Å²) in [6.07, 6.45) is 0. The Morgan fingerprint density at radius 2 is 2.09 bits per heavy atom. The molecule has 0 bridgehead atoms. The predicted molar refractivity (Wildman–Crippen MR) is 78.0 cm³/mol. The third-order valence-electron chi connectivity index (χ3n) is 2.32. The molecule has 0 spiro atoms. The minimum absolute atomic E-state index is 0.00759. The Kier molecular flexibility index (Phi) is 4.56. The van der Waals surface area contributed by atoms with Gasteiger partial charge in [0.15, 0.2) is 11.6 Å². The first kappa shape index (κ1) is 16.1. The summed E-state index contributed by atoms with van der Waals surface area (Å²) in [6.45, 7) is 1.26. The number of benzene rings is 1. The molecule has 0 aliphatic rings. The third kappa shape index (κ3) is 3.68. The summed E-state index contributed by atoms with van der Waals surface area (Å²) in [5, 5.41) is 9.38. The monoisotopic (exact) mass is 346 g/mol. The number of amides is 1. The van der Waals surface area contributed by atoms with Gasteiger partial charge in [-0.05, 0) is 12.1 Å². The molecule has 118 valence electrons. The van der Waals surface area contributed by atoms with Gasteiger partial charge in [0, 0.05) is 13.0 Å². The Morgan fingerprint density at radius 3 is 2.68 bits per heavy atom. The fourth-order valence-electron chi connectivity index (χ4n) is 1.45. The Labute approximate surface area is 129 Å².